The summed E-state index contributed by atoms with van der Waals surface area (Å²) < 4.78 is 5.49. The van der Waals surface area contributed by atoms with Gasteiger partial charge in [0.25, 0.3) is 11.6 Å². The number of carbonyl (C=O) groups excluding carboxylic acids is 2. The third-order valence-corrected chi connectivity index (χ3v) is 4.47. The Hall–Kier alpha value is -3.72. The number of carbonyl (C=O) groups is 2. The number of non-ortho nitro benzene ring substituents is 1. The summed E-state index contributed by atoms with van der Waals surface area (Å²) in [5.74, 6) is 0.0925. The maximum atomic E-state index is 12.3. The molecule has 9 nitrogen and oxygen atoms in total. The van der Waals surface area contributed by atoms with E-state index in [9.17, 15) is 19.7 Å². The number of hydrogen-bond acceptors (Lipinski definition) is 6. The first kappa shape index (κ1) is 21.0. The Kier molecular flexibility index (Phi) is 6.43. The zero-order valence-corrected chi connectivity index (χ0v) is 16.7. The molecule has 0 fully saturated rings. The lowest BCUT2D eigenvalue weighted by Gasteiger charge is -2.30. The SMILES string of the molecule is CN(C)CCN1C(=O)COc2ccc(NC(=O)/C=C/c3ccc([N+](=O)[O-])cc3)cc21. The van der Waals surface area contributed by atoms with Gasteiger partial charge in [-0.2, -0.15) is 0 Å². The summed E-state index contributed by atoms with van der Waals surface area (Å²) in [7, 11) is 3.86. The Morgan fingerprint density at radius 3 is 2.67 bits per heavy atom. The van der Waals surface area contributed by atoms with E-state index in [0.717, 1.165) is 0 Å². The number of rotatable bonds is 7. The minimum atomic E-state index is -0.480. The molecule has 0 aliphatic carbocycles. The van der Waals surface area contributed by atoms with Gasteiger partial charge in [-0.3, -0.25) is 19.7 Å². The van der Waals surface area contributed by atoms with Crippen molar-refractivity contribution in [2.24, 2.45) is 0 Å². The summed E-state index contributed by atoms with van der Waals surface area (Å²) in [5.41, 5.74) is 1.79. The van der Waals surface area contributed by atoms with Crippen LogP contribution in [0.5, 0.6) is 5.75 Å². The van der Waals surface area contributed by atoms with Crippen LogP contribution in [0.1, 0.15) is 5.56 Å². The molecule has 0 unspecified atom stereocenters. The number of nitrogens with zero attached hydrogens (tertiary/aromatic N) is 3. The van der Waals surface area contributed by atoms with Crippen molar-refractivity contribution < 1.29 is 19.2 Å². The largest absolute Gasteiger partial charge is 0.482 e. The molecule has 1 heterocycles. The van der Waals surface area contributed by atoms with Gasteiger partial charge in [0.15, 0.2) is 6.61 Å². The minimum Gasteiger partial charge on any atom is -0.482 e. The molecule has 0 aromatic heterocycles. The molecule has 0 saturated heterocycles. The first-order chi connectivity index (χ1) is 14.3. The van der Waals surface area contributed by atoms with Crippen molar-refractivity contribution in [3.8, 4) is 5.75 Å². The Balaban J connectivity index is 1.70. The number of benzene rings is 2. The number of nitro benzene ring substituents is 1. The number of anilines is 2. The van der Waals surface area contributed by atoms with Gasteiger partial charge in [0.05, 0.1) is 10.6 Å². The molecule has 1 aliphatic rings. The number of ether oxygens (including phenoxy) is 1. The molecule has 2 aromatic carbocycles. The molecule has 2 amide bonds. The van der Waals surface area contributed by atoms with Crippen molar-refractivity contribution in [2.75, 3.05) is 44.0 Å². The van der Waals surface area contributed by atoms with Gasteiger partial charge in [-0.25, -0.2) is 0 Å². The predicted octanol–water partition coefficient (Wildman–Crippen LogP) is 2.53. The van der Waals surface area contributed by atoms with Crippen LogP contribution in [0.25, 0.3) is 6.08 Å². The van der Waals surface area contributed by atoms with Crippen molar-refractivity contribution in [3.63, 3.8) is 0 Å². The fraction of sp³-hybridized carbons (Fsp3) is 0.238. The van der Waals surface area contributed by atoms with Gasteiger partial charge in [-0.15, -0.1) is 0 Å². The van der Waals surface area contributed by atoms with E-state index in [1.165, 1.54) is 18.2 Å². The first-order valence-corrected chi connectivity index (χ1v) is 9.29. The van der Waals surface area contributed by atoms with Gasteiger partial charge in [0, 0.05) is 37.0 Å². The van der Waals surface area contributed by atoms with E-state index in [1.54, 1.807) is 41.3 Å². The highest BCUT2D eigenvalue weighted by atomic mass is 16.6. The van der Waals surface area contributed by atoms with Crippen LogP contribution in [0.4, 0.5) is 17.1 Å². The Labute approximate surface area is 173 Å². The zero-order valence-electron chi connectivity index (χ0n) is 16.7. The second kappa shape index (κ2) is 9.19. The van der Waals surface area contributed by atoms with Crippen molar-refractivity contribution in [1.82, 2.24) is 4.90 Å². The molecular weight excluding hydrogens is 388 g/mol. The van der Waals surface area contributed by atoms with Crippen molar-refractivity contribution in [1.29, 1.82) is 0 Å². The van der Waals surface area contributed by atoms with Crippen LogP contribution in [0.3, 0.4) is 0 Å². The Morgan fingerprint density at radius 1 is 1.27 bits per heavy atom. The van der Waals surface area contributed by atoms with Crippen LogP contribution in [-0.2, 0) is 9.59 Å². The average Bonchev–Trinajstić information content (AvgIpc) is 2.71. The maximum absolute atomic E-state index is 12.3. The van der Waals surface area contributed by atoms with Gasteiger partial charge in [-0.1, -0.05) is 0 Å². The van der Waals surface area contributed by atoms with Crippen molar-refractivity contribution >= 4 is 35.0 Å². The Morgan fingerprint density at radius 2 is 2.00 bits per heavy atom. The third-order valence-electron chi connectivity index (χ3n) is 4.47. The van der Waals surface area contributed by atoms with Crippen molar-refractivity contribution in [3.05, 3.63) is 64.2 Å². The molecular formula is C21H22N4O5. The van der Waals surface area contributed by atoms with Crippen LogP contribution in [0.15, 0.2) is 48.5 Å². The average molecular weight is 410 g/mol. The molecule has 30 heavy (non-hydrogen) atoms. The molecule has 9 heteroatoms. The fourth-order valence-corrected chi connectivity index (χ4v) is 2.89. The summed E-state index contributed by atoms with van der Waals surface area (Å²) in [6.45, 7) is 1.20. The highest BCUT2D eigenvalue weighted by Crippen LogP contribution is 2.34. The lowest BCUT2D eigenvalue weighted by Crippen LogP contribution is -2.42. The number of nitro groups is 1. The lowest BCUT2D eigenvalue weighted by atomic mass is 10.2. The van der Waals surface area contributed by atoms with E-state index in [1.807, 2.05) is 19.0 Å². The van der Waals surface area contributed by atoms with Gasteiger partial charge >= 0.3 is 0 Å². The first-order valence-electron chi connectivity index (χ1n) is 9.29. The lowest BCUT2D eigenvalue weighted by molar-refractivity contribution is -0.384. The van der Waals surface area contributed by atoms with Crippen LogP contribution >= 0.6 is 0 Å². The maximum Gasteiger partial charge on any atom is 0.269 e. The van der Waals surface area contributed by atoms with Crippen LogP contribution in [0, 0.1) is 10.1 Å². The fourth-order valence-electron chi connectivity index (χ4n) is 2.89. The second-order valence-electron chi connectivity index (χ2n) is 6.99. The smallest absolute Gasteiger partial charge is 0.269 e. The standard InChI is InChI=1S/C21H22N4O5/c1-23(2)11-12-24-18-13-16(6-9-19(18)30-14-21(24)27)22-20(26)10-5-15-3-7-17(8-4-15)25(28)29/h3-10,13H,11-12,14H2,1-2H3,(H,22,26)/b10-5+. The molecule has 156 valence electrons. The number of nitrogens with one attached hydrogen (secondary N) is 1. The number of hydrogen-bond donors (Lipinski definition) is 1. The second-order valence-corrected chi connectivity index (χ2v) is 6.99. The number of likely N-dealkylation sites (N-methyl/N-ethyl adjacent to an activating group) is 1. The highest BCUT2D eigenvalue weighted by molar-refractivity contribution is 6.03. The topological polar surface area (TPSA) is 105 Å². The van der Waals surface area contributed by atoms with E-state index >= 15 is 0 Å². The van der Waals surface area contributed by atoms with E-state index in [0.29, 0.717) is 35.8 Å². The molecule has 0 atom stereocenters. The summed E-state index contributed by atoms with van der Waals surface area (Å²) in [6.07, 6.45) is 2.90. The number of amides is 2. The van der Waals surface area contributed by atoms with Crippen molar-refractivity contribution in [2.45, 2.75) is 0 Å². The molecule has 0 saturated carbocycles. The normalized spacial score (nSPS) is 13.3. The molecule has 0 bridgehead atoms. The molecule has 0 spiro atoms. The van der Waals surface area contributed by atoms with E-state index in [2.05, 4.69) is 5.32 Å². The minimum absolute atomic E-state index is 0.00981. The number of fused-ring (bicyclic) bond motifs is 1. The third kappa shape index (κ3) is 5.21. The molecule has 0 radical (unpaired) electrons. The van der Waals surface area contributed by atoms with Gasteiger partial charge in [0.1, 0.15) is 5.75 Å². The molecule has 1 N–H and O–H groups in total. The van der Waals surface area contributed by atoms with E-state index in [-0.39, 0.29) is 24.1 Å². The summed E-state index contributed by atoms with van der Waals surface area (Å²) in [5, 5.41) is 13.4. The van der Waals surface area contributed by atoms with E-state index < -0.39 is 4.92 Å². The summed E-state index contributed by atoms with van der Waals surface area (Å²) >= 11 is 0. The van der Waals surface area contributed by atoms with Gasteiger partial charge < -0.3 is 19.9 Å². The van der Waals surface area contributed by atoms with Gasteiger partial charge in [-0.05, 0) is 56.1 Å². The summed E-state index contributed by atoms with van der Waals surface area (Å²) in [4.78, 5) is 38.4. The monoisotopic (exact) mass is 410 g/mol. The predicted molar refractivity (Wildman–Crippen MR) is 114 cm³/mol. The molecule has 3 rings (SSSR count). The Bertz CT molecular complexity index is 985. The van der Waals surface area contributed by atoms with Crippen LogP contribution in [-0.4, -0.2) is 55.4 Å². The van der Waals surface area contributed by atoms with E-state index in [4.69, 9.17) is 4.74 Å². The van der Waals surface area contributed by atoms with Crippen LogP contribution in [0.2, 0.25) is 0 Å². The highest BCUT2D eigenvalue weighted by Gasteiger charge is 2.25. The molecule has 2 aromatic rings. The van der Waals surface area contributed by atoms with Crippen LogP contribution < -0.4 is 15.0 Å². The summed E-state index contributed by atoms with van der Waals surface area (Å²) in [6, 6.07) is 11.0. The quantitative estimate of drug-likeness (QED) is 0.427. The molecule has 1 aliphatic heterocycles. The zero-order chi connectivity index (χ0) is 21.7. The van der Waals surface area contributed by atoms with Gasteiger partial charge in [0.2, 0.25) is 5.91 Å².